The van der Waals surface area contributed by atoms with Gasteiger partial charge in [-0.2, -0.15) is 0 Å². The molecular formula is C32H38ClN3O6. The monoisotopic (exact) mass is 595 g/mol. The zero-order valence-corrected chi connectivity index (χ0v) is 25.5. The van der Waals surface area contributed by atoms with Gasteiger partial charge in [-0.05, 0) is 76.8 Å². The summed E-state index contributed by atoms with van der Waals surface area (Å²) < 4.78 is 12.3. The average molecular weight is 596 g/mol. The van der Waals surface area contributed by atoms with E-state index in [-0.39, 0.29) is 29.9 Å². The number of hydrogen-bond donors (Lipinski definition) is 1. The fraction of sp³-hybridized carbons (Fsp3) is 0.469. The summed E-state index contributed by atoms with van der Waals surface area (Å²) in [6, 6.07) is 6.50. The summed E-state index contributed by atoms with van der Waals surface area (Å²) in [6.07, 6.45) is 8.06. The number of ketones is 1. The number of aromatic nitrogens is 2. The van der Waals surface area contributed by atoms with Gasteiger partial charge in [-0.15, -0.1) is 0 Å². The van der Waals surface area contributed by atoms with Crippen LogP contribution in [0.2, 0.25) is 5.02 Å². The fourth-order valence-electron chi connectivity index (χ4n) is 5.50. The maximum absolute atomic E-state index is 13.9. The molecule has 1 atom stereocenters. The first kappa shape index (κ1) is 31.2. The third-order valence-corrected chi connectivity index (χ3v) is 7.67. The number of pyridine rings is 1. The molecule has 1 aliphatic rings. The Bertz CT molecular complexity index is 1480. The van der Waals surface area contributed by atoms with Crippen LogP contribution >= 0.6 is 11.6 Å². The number of anilines is 1. The van der Waals surface area contributed by atoms with E-state index < -0.39 is 23.5 Å². The molecule has 4 rings (SSSR count). The number of benzene rings is 1. The molecule has 0 bridgehead atoms. The fourth-order valence-corrected chi connectivity index (χ4v) is 5.80. The molecule has 1 saturated carbocycles. The van der Waals surface area contributed by atoms with Gasteiger partial charge in [0.25, 0.3) is 0 Å². The number of nitrogens with zero attached hydrogens (tertiary/aromatic N) is 2. The van der Waals surface area contributed by atoms with E-state index in [0.717, 1.165) is 25.7 Å². The van der Waals surface area contributed by atoms with Crippen molar-refractivity contribution in [3.8, 4) is 0 Å². The van der Waals surface area contributed by atoms with Crippen molar-refractivity contribution in [2.45, 2.75) is 84.8 Å². The third-order valence-electron chi connectivity index (χ3n) is 7.36. The number of rotatable bonds is 10. The molecular weight excluding hydrogens is 558 g/mol. The van der Waals surface area contributed by atoms with Crippen molar-refractivity contribution in [1.29, 1.82) is 0 Å². The van der Waals surface area contributed by atoms with Crippen molar-refractivity contribution in [3.05, 3.63) is 58.4 Å². The Labute approximate surface area is 250 Å². The molecule has 1 aromatic carbocycles. The van der Waals surface area contributed by atoms with Crippen LogP contribution in [0.1, 0.15) is 98.9 Å². The van der Waals surface area contributed by atoms with Crippen LogP contribution in [0.5, 0.6) is 0 Å². The van der Waals surface area contributed by atoms with E-state index in [1.807, 2.05) is 0 Å². The van der Waals surface area contributed by atoms with Gasteiger partial charge in [-0.25, -0.2) is 9.78 Å². The molecule has 0 spiro atoms. The Morgan fingerprint density at radius 3 is 2.45 bits per heavy atom. The summed E-state index contributed by atoms with van der Waals surface area (Å²) in [5, 5.41) is 3.88. The number of carbonyl (C=O) groups is 4. The minimum absolute atomic E-state index is 0.0958. The van der Waals surface area contributed by atoms with Gasteiger partial charge in [0.05, 0.1) is 23.1 Å². The zero-order valence-electron chi connectivity index (χ0n) is 24.8. The topological polar surface area (TPSA) is 117 Å². The van der Waals surface area contributed by atoms with Crippen LogP contribution in [0.15, 0.2) is 36.7 Å². The Hall–Kier alpha value is -3.72. The van der Waals surface area contributed by atoms with Crippen molar-refractivity contribution in [3.63, 3.8) is 0 Å². The molecule has 0 saturated heterocycles. The number of Topliss-reactive ketones (excluding diaryl/α,β-unsaturated/α-hetero) is 1. The number of fused-ring (bicyclic) bond motifs is 1. The lowest BCUT2D eigenvalue weighted by Crippen LogP contribution is -2.26. The molecule has 2 heterocycles. The zero-order chi connectivity index (χ0) is 30.6. The number of esters is 2. The molecule has 1 aliphatic carbocycles. The first-order chi connectivity index (χ1) is 19.9. The van der Waals surface area contributed by atoms with Gasteiger partial charge in [-0.1, -0.05) is 37.3 Å². The minimum atomic E-state index is -0.669. The van der Waals surface area contributed by atoms with Crippen LogP contribution in [0.25, 0.3) is 10.9 Å². The highest BCUT2D eigenvalue weighted by molar-refractivity contribution is 6.34. The minimum Gasteiger partial charge on any atom is -0.462 e. The molecule has 0 radical (unpaired) electrons. The summed E-state index contributed by atoms with van der Waals surface area (Å²) in [7, 11) is 0. The normalized spacial score (nSPS) is 14.5. The summed E-state index contributed by atoms with van der Waals surface area (Å²) in [4.78, 5) is 55.4. The van der Waals surface area contributed by atoms with Crippen LogP contribution in [-0.2, 0) is 25.6 Å². The van der Waals surface area contributed by atoms with Crippen molar-refractivity contribution < 1.29 is 28.7 Å². The first-order valence-corrected chi connectivity index (χ1v) is 14.7. The number of ether oxygens (including phenoxy) is 2. The highest BCUT2D eigenvalue weighted by atomic mass is 35.5. The van der Waals surface area contributed by atoms with E-state index in [1.165, 1.54) is 13.1 Å². The molecule has 3 aromatic rings. The van der Waals surface area contributed by atoms with E-state index in [9.17, 15) is 19.2 Å². The molecule has 1 N–H and O–H groups in total. The highest BCUT2D eigenvalue weighted by Gasteiger charge is 2.31. The van der Waals surface area contributed by atoms with E-state index in [2.05, 4.69) is 10.3 Å². The average Bonchev–Trinajstić information content (AvgIpc) is 3.54. The lowest BCUT2D eigenvalue weighted by atomic mass is 9.87. The van der Waals surface area contributed by atoms with E-state index >= 15 is 0 Å². The molecule has 9 nitrogen and oxygen atoms in total. The van der Waals surface area contributed by atoms with Gasteiger partial charge in [0.1, 0.15) is 18.0 Å². The first-order valence-electron chi connectivity index (χ1n) is 14.4. The van der Waals surface area contributed by atoms with E-state index in [4.69, 9.17) is 21.1 Å². The smallest absolute Gasteiger partial charge is 0.339 e. The predicted molar refractivity (Wildman–Crippen MR) is 161 cm³/mol. The lowest BCUT2D eigenvalue weighted by Gasteiger charge is -2.20. The lowest BCUT2D eigenvalue weighted by molar-refractivity contribution is -0.155. The maximum atomic E-state index is 13.9. The molecule has 1 unspecified atom stereocenters. The van der Waals surface area contributed by atoms with E-state index in [0.29, 0.717) is 45.7 Å². The Morgan fingerprint density at radius 2 is 1.86 bits per heavy atom. The Kier molecular flexibility index (Phi) is 9.71. The Balaban J connectivity index is 1.74. The number of halogens is 1. The Morgan fingerprint density at radius 1 is 1.14 bits per heavy atom. The summed E-state index contributed by atoms with van der Waals surface area (Å²) in [6.45, 7) is 8.71. The highest BCUT2D eigenvalue weighted by Crippen LogP contribution is 2.39. The van der Waals surface area contributed by atoms with Gasteiger partial charge in [-0.3, -0.25) is 14.4 Å². The largest absolute Gasteiger partial charge is 0.462 e. The van der Waals surface area contributed by atoms with Crippen molar-refractivity contribution >= 4 is 52.0 Å². The molecule has 1 fully saturated rings. The second kappa shape index (κ2) is 13.1. The SMILES string of the molecule is CCOC(=O)c1ccc(NC(=O)C(CC2CCCC2)c2cn(CC(=O)OC(C)(C)C)c3cc(C(C)=O)c(Cl)cc23)nc1. The summed E-state index contributed by atoms with van der Waals surface area (Å²) in [5.41, 5.74) is 1.28. The van der Waals surface area contributed by atoms with Gasteiger partial charge >= 0.3 is 11.9 Å². The van der Waals surface area contributed by atoms with Crippen LogP contribution in [0.4, 0.5) is 5.82 Å². The van der Waals surface area contributed by atoms with Gasteiger partial charge < -0.3 is 19.4 Å². The van der Waals surface area contributed by atoms with Gasteiger partial charge in [0.15, 0.2) is 5.78 Å². The number of amides is 1. The van der Waals surface area contributed by atoms with Crippen molar-refractivity contribution in [1.82, 2.24) is 9.55 Å². The number of nitrogens with one attached hydrogen (secondary N) is 1. The molecule has 1 amide bonds. The van der Waals surface area contributed by atoms with Gasteiger partial charge in [0, 0.05) is 28.9 Å². The van der Waals surface area contributed by atoms with Crippen LogP contribution in [0, 0.1) is 5.92 Å². The van der Waals surface area contributed by atoms with Crippen LogP contribution in [0.3, 0.4) is 0 Å². The van der Waals surface area contributed by atoms with Gasteiger partial charge in [0.2, 0.25) is 5.91 Å². The molecule has 224 valence electrons. The standard InChI is InChI=1S/C32H38ClN3O6/c1-6-41-31(40)21-11-12-28(34-16-21)35-30(39)24(13-20-9-7-8-10-20)25-17-36(18-29(38)42-32(3,4)5)27-15-22(19(2)37)26(33)14-23(25)27/h11-12,14-17,20,24H,6-10,13,18H2,1-5H3,(H,34,35,39). The second-order valence-electron chi connectivity index (χ2n) is 11.8. The molecule has 42 heavy (non-hydrogen) atoms. The maximum Gasteiger partial charge on any atom is 0.339 e. The third kappa shape index (κ3) is 7.56. The van der Waals surface area contributed by atoms with E-state index in [1.54, 1.807) is 62.7 Å². The van der Waals surface area contributed by atoms with Crippen LogP contribution < -0.4 is 5.32 Å². The van der Waals surface area contributed by atoms with Crippen molar-refractivity contribution in [2.24, 2.45) is 5.92 Å². The predicted octanol–water partition coefficient (Wildman–Crippen LogP) is 6.71. The summed E-state index contributed by atoms with van der Waals surface area (Å²) in [5.74, 6) is -1.31. The van der Waals surface area contributed by atoms with Crippen LogP contribution in [-0.4, -0.2) is 45.4 Å². The molecule has 10 heteroatoms. The quantitative estimate of drug-likeness (QED) is 0.204. The number of carbonyl (C=O) groups excluding carboxylic acids is 4. The molecule has 0 aliphatic heterocycles. The second-order valence-corrected chi connectivity index (χ2v) is 12.2. The number of hydrogen-bond acceptors (Lipinski definition) is 7. The summed E-state index contributed by atoms with van der Waals surface area (Å²) >= 11 is 6.55. The van der Waals surface area contributed by atoms with Crippen molar-refractivity contribution in [2.75, 3.05) is 11.9 Å². The molecule has 2 aromatic heterocycles.